The Balaban J connectivity index is 2.42. The monoisotopic (exact) mass is 199 g/mol. The van der Waals surface area contributed by atoms with Gasteiger partial charge < -0.3 is 0 Å². The van der Waals surface area contributed by atoms with Gasteiger partial charge in [0.25, 0.3) is 0 Å². The summed E-state index contributed by atoms with van der Waals surface area (Å²) in [5, 5.41) is 9.06. The molecule has 2 atom stereocenters. The highest BCUT2D eigenvalue weighted by Crippen LogP contribution is 2.59. The molecule has 1 fully saturated rings. The van der Waals surface area contributed by atoms with Crippen molar-refractivity contribution in [1.82, 2.24) is 0 Å². The van der Waals surface area contributed by atoms with Crippen LogP contribution in [0.2, 0.25) is 0 Å². The summed E-state index contributed by atoms with van der Waals surface area (Å²) >= 11 is 0. The zero-order valence-electron chi connectivity index (χ0n) is 9.89. The molecule has 0 heterocycles. The zero-order valence-corrected chi connectivity index (χ0v) is 9.89. The Kier molecular flexibility index (Phi) is 2.12. The molecule has 0 N–H and O–H groups in total. The number of nitriles is 1. The van der Waals surface area contributed by atoms with E-state index in [4.69, 9.17) is 5.26 Å². The van der Waals surface area contributed by atoms with Crippen LogP contribution in [0.15, 0.2) is 12.1 Å². The number of nitrogens with zero attached hydrogens (tertiary/aromatic N) is 1. The summed E-state index contributed by atoms with van der Waals surface area (Å²) in [7, 11) is 0. The molecule has 1 saturated carbocycles. The first kappa shape index (κ1) is 10.2. The van der Waals surface area contributed by atoms with Crippen molar-refractivity contribution in [2.75, 3.05) is 0 Å². The Hall–Kier alpha value is -1.29. The third-order valence-electron chi connectivity index (χ3n) is 3.97. The van der Waals surface area contributed by atoms with Gasteiger partial charge in [-0.2, -0.15) is 5.26 Å². The van der Waals surface area contributed by atoms with E-state index in [1.54, 1.807) is 0 Å². The van der Waals surface area contributed by atoms with Crippen molar-refractivity contribution in [2.24, 2.45) is 5.41 Å². The molecule has 0 amide bonds. The van der Waals surface area contributed by atoms with Crippen LogP contribution in [-0.4, -0.2) is 0 Å². The normalized spacial score (nSPS) is 28.6. The van der Waals surface area contributed by atoms with E-state index < -0.39 is 0 Å². The third kappa shape index (κ3) is 1.45. The van der Waals surface area contributed by atoms with Crippen molar-refractivity contribution in [2.45, 2.75) is 40.0 Å². The number of benzene rings is 1. The maximum Gasteiger partial charge on any atom is 0.0693 e. The molecule has 0 aromatic heterocycles. The van der Waals surface area contributed by atoms with Crippen LogP contribution in [0.5, 0.6) is 0 Å². The summed E-state index contributed by atoms with van der Waals surface area (Å²) in [5.74, 6) is 0.460. The average molecular weight is 199 g/mol. The number of hydrogen-bond donors (Lipinski definition) is 0. The van der Waals surface area contributed by atoms with E-state index in [-0.39, 0.29) is 5.41 Å². The maximum atomic E-state index is 9.06. The second-order valence-electron chi connectivity index (χ2n) is 5.01. The van der Waals surface area contributed by atoms with Crippen LogP contribution in [0.25, 0.3) is 0 Å². The molecule has 1 aliphatic carbocycles. The molecule has 0 saturated heterocycles. The highest BCUT2D eigenvalue weighted by molar-refractivity contribution is 5.45. The van der Waals surface area contributed by atoms with Crippen molar-refractivity contribution in [3.63, 3.8) is 0 Å². The summed E-state index contributed by atoms with van der Waals surface area (Å²) < 4.78 is 0. The molecule has 1 nitrogen and oxygen atoms in total. The topological polar surface area (TPSA) is 23.8 Å². The minimum absolute atomic E-state index is 0.105. The first-order valence-electron chi connectivity index (χ1n) is 5.47. The predicted octanol–water partition coefficient (Wildman–Crippen LogP) is 3.63. The molecule has 0 aliphatic heterocycles. The highest BCUT2D eigenvalue weighted by Gasteiger charge is 2.52. The molecule has 2 rings (SSSR count). The number of hydrogen-bond acceptors (Lipinski definition) is 1. The first-order valence-corrected chi connectivity index (χ1v) is 5.47. The number of aryl methyl sites for hydroxylation is 1. The van der Waals surface area contributed by atoms with E-state index >= 15 is 0 Å². The van der Waals surface area contributed by atoms with Gasteiger partial charge in [0.15, 0.2) is 0 Å². The SMILES string of the molecule is Cc1ccc(C2CC2(C)C#N)c(C)c1C. The molecular formula is C14H17N. The van der Waals surface area contributed by atoms with Crippen molar-refractivity contribution in [1.29, 1.82) is 5.26 Å². The largest absolute Gasteiger partial charge is 0.198 e. The van der Waals surface area contributed by atoms with Crippen molar-refractivity contribution in [3.05, 3.63) is 34.4 Å². The predicted molar refractivity (Wildman–Crippen MR) is 61.7 cm³/mol. The number of rotatable bonds is 1. The minimum atomic E-state index is -0.105. The summed E-state index contributed by atoms with van der Waals surface area (Å²) in [6, 6.07) is 6.80. The molecule has 0 bridgehead atoms. The van der Waals surface area contributed by atoms with E-state index in [0.717, 1.165) is 6.42 Å². The molecule has 0 spiro atoms. The lowest BCUT2D eigenvalue weighted by Crippen LogP contribution is -1.98. The zero-order chi connectivity index (χ0) is 11.2. The second-order valence-corrected chi connectivity index (χ2v) is 5.01. The van der Waals surface area contributed by atoms with Gasteiger partial charge in [-0.1, -0.05) is 12.1 Å². The fraction of sp³-hybridized carbons (Fsp3) is 0.500. The average Bonchev–Trinajstić information content (AvgIpc) is 2.88. The van der Waals surface area contributed by atoms with Gasteiger partial charge in [-0.15, -0.1) is 0 Å². The van der Waals surface area contributed by atoms with E-state index in [0.29, 0.717) is 5.92 Å². The lowest BCUT2D eigenvalue weighted by atomic mass is 9.93. The standard InChI is InChI=1S/C14H17N/c1-9-5-6-12(11(3)10(9)2)13-7-14(13,4)8-15/h5-6,13H,7H2,1-4H3. The Morgan fingerprint density at radius 1 is 1.27 bits per heavy atom. The molecule has 1 aromatic rings. The fourth-order valence-electron chi connectivity index (χ4n) is 2.30. The molecule has 1 aliphatic rings. The second kappa shape index (κ2) is 3.10. The van der Waals surface area contributed by atoms with Crippen molar-refractivity contribution >= 4 is 0 Å². The quantitative estimate of drug-likeness (QED) is 0.677. The minimum Gasteiger partial charge on any atom is -0.198 e. The van der Waals surface area contributed by atoms with Gasteiger partial charge in [-0.3, -0.25) is 0 Å². The van der Waals surface area contributed by atoms with Crippen LogP contribution < -0.4 is 0 Å². The van der Waals surface area contributed by atoms with Gasteiger partial charge in [-0.25, -0.2) is 0 Å². The van der Waals surface area contributed by atoms with E-state index in [9.17, 15) is 0 Å². The Morgan fingerprint density at radius 3 is 2.47 bits per heavy atom. The Bertz CT molecular complexity index is 453. The van der Waals surface area contributed by atoms with Crippen LogP contribution in [0.3, 0.4) is 0 Å². The van der Waals surface area contributed by atoms with Crippen molar-refractivity contribution in [3.8, 4) is 6.07 Å². The smallest absolute Gasteiger partial charge is 0.0693 e. The molecule has 1 heteroatoms. The van der Waals surface area contributed by atoms with Gasteiger partial charge in [0.1, 0.15) is 0 Å². The van der Waals surface area contributed by atoms with E-state index in [1.807, 2.05) is 0 Å². The van der Waals surface area contributed by atoms with Crippen LogP contribution in [0.1, 0.15) is 41.5 Å². The van der Waals surface area contributed by atoms with Crippen LogP contribution >= 0.6 is 0 Å². The Labute approximate surface area is 91.7 Å². The van der Waals surface area contributed by atoms with E-state index in [2.05, 4.69) is 45.9 Å². The van der Waals surface area contributed by atoms with Gasteiger partial charge in [0.2, 0.25) is 0 Å². The van der Waals surface area contributed by atoms with Crippen LogP contribution in [-0.2, 0) is 0 Å². The maximum absolute atomic E-state index is 9.06. The summed E-state index contributed by atoms with van der Waals surface area (Å²) in [5.41, 5.74) is 5.36. The van der Waals surface area contributed by atoms with Crippen molar-refractivity contribution < 1.29 is 0 Å². The third-order valence-corrected chi connectivity index (χ3v) is 3.97. The van der Waals surface area contributed by atoms with E-state index in [1.165, 1.54) is 22.3 Å². The van der Waals surface area contributed by atoms with Gasteiger partial charge in [0.05, 0.1) is 11.5 Å². The lowest BCUT2D eigenvalue weighted by molar-refractivity contribution is 0.725. The first-order chi connectivity index (χ1) is 6.99. The Morgan fingerprint density at radius 2 is 1.93 bits per heavy atom. The summed E-state index contributed by atoms with van der Waals surface area (Å²) in [4.78, 5) is 0. The molecule has 15 heavy (non-hydrogen) atoms. The fourth-order valence-corrected chi connectivity index (χ4v) is 2.30. The van der Waals surface area contributed by atoms with Gasteiger partial charge in [0, 0.05) is 5.92 Å². The molecule has 2 unspecified atom stereocenters. The summed E-state index contributed by atoms with van der Waals surface area (Å²) in [6.07, 6.45) is 1.02. The molecule has 0 radical (unpaired) electrons. The molecular weight excluding hydrogens is 182 g/mol. The summed E-state index contributed by atoms with van der Waals surface area (Å²) in [6.45, 7) is 8.54. The van der Waals surface area contributed by atoms with Gasteiger partial charge in [-0.05, 0) is 56.4 Å². The molecule has 78 valence electrons. The van der Waals surface area contributed by atoms with Crippen LogP contribution in [0.4, 0.5) is 0 Å². The molecule has 1 aromatic carbocycles. The lowest BCUT2D eigenvalue weighted by Gasteiger charge is -2.11. The highest BCUT2D eigenvalue weighted by atomic mass is 14.5. The van der Waals surface area contributed by atoms with Gasteiger partial charge >= 0.3 is 0 Å². The van der Waals surface area contributed by atoms with Crippen LogP contribution in [0, 0.1) is 37.5 Å².